The molecule has 0 aromatic heterocycles. The Balaban J connectivity index is -0.000000241. The van der Waals surface area contributed by atoms with Crippen molar-refractivity contribution in [3.63, 3.8) is 0 Å². The lowest BCUT2D eigenvalue weighted by molar-refractivity contribution is -0.139. The second-order valence-corrected chi connectivity index (χ2v) is 14.2. The van der Waals surface area contributed by atoms with Crippen molar-refractivity contribution >= 4 is 41.8 Å². The van der Waals surface area contributed by atoms with Crippen LogP contribution in [0.15, 0.2) is 88.6 Å². The Labute approximate surface area is 397 Å². The minimum atomic E-state index is -0.374. The Morgan fingerprint density at radius 1 is 0.318 bits per heavy atom. The zero-order valence-corrected chi connectivity index (χ0v) is 41.2. The van der Waals surface area contributed by atoms with E-state index < -0.39 is 0 Å². The van der Waals surface area contributed by atoms with Crippen molar-refractivity contribution in [1.29, 1.82) is 0 Å². The normalized spacial score (nSPS) is 9.76. The third kappa shape index (κ3) is 67.5. The van der Waals surface area contributed by atoms with Crippen LogP contribution in [0.1, 0.15) is 150 Å². The van der Waals surface area contributed by atoms with Gasteiger partial charge in [0.2, 0.25) is 0 Å². The molecule has 0 bridgehead atoms. The third-order valence-corrected chi connectivity index (χ3v) is 8.41. The second-order valence-electron chi connectivity index (χ2n) is 14.2. The van der Waals surface area contributed by atoms with Crippen LogP contribution in [-0.2, 0) is 66.7 Å². The number of carbonyl (C=O) groups is 7. The molecule has 0 saturated heterocycles. The molecule has 378 valence electrons. The van der Waals surface area contributed by atoms with Crippen molar-refractivity contribution in [2.45, 2.75) is 150 Å². The molecule has 14 heteroatoms. The third-order valence-electron chi connectivity index (χ3n) is 8.41. The van der Waals surface area contributed by atoms with Gasteiger partial charge in [-0.25, -0.2) is 33.6 Å². The quantitative estimate of drug-likeness (QED) is 0.0250. The van der Waals surface area contributed by atoms with Gasteiger partial charge in [0.25, 0.3) is 0 Å². The van der Waals surface area contributed by atoms with Gasteiger partial charge in [0, 0.05) is 42.5 Å². The molecule has 0 aromatic rings. The summed E-state index contributed by atoms with van der Waals surface area (Å²) in [5, 5.41) is 0. The lowest BCUT2D eigenvalue weighted by atomic mass is 10.1. The summed E-state index contributed by atoms with van der Waals surface area (Å²) in [6, 6.07) is 0. The molecule has 66 heavy (non-hydrogen) atoms. The lowest BCUT2D eigenvalue weighted by Crippen LogP contribution is -2.08. The largest absolute Gasteiger partial charge is 0.463 e. The fourth-order valence-electron chi connectivity index (χ4n) is 4.32. The summed E-state index contributed by atoms with van der Waals surface area (Å²) in [6.45, 7) is 34.8. The summed E-state index contributed by atoms with van der Waals surface area (Å²) in [7, 11) is 0. The van der Waals surface area contributed by atoms with Crippen LogP contribution in [0.3, 0.4) is 0 Å². The Bertz CT molecular complexity index is 1270. The number of esters is 7. The molecule has 0 fully saturated rings. The molecule has 14 nitrogen and oxygen atoms in total. The van der Waals surface area contributed by atoms with Crippen molar-refractivity contribution in [2.75, 3.05) is 46.2 Å². The molecule has 1 atom stereocenters. The maximum Gasteiger partial charge on any atom is 0.330 e. The van der Waals surface area contributed by atoms with E-state index >= 15 is 0 Å². The van der Waals surface area contributed by atoms with E-state index in [1.54, 1.807) is 0 Å². The summed E-state index contributed by atoms with van der Waals surface area (Å²) in [5.41, 5.74) is 0. The fourth-order valence-corrected chi connectivity index (χ4v) is 4.32. The van der Waals surface area contributed by atoms with Gasteiger partial charge in [-0.2, -0.15) is 0 Å². The van der Waals surface area contributed by atoms with E-state index in [-0.39, 0.29) is 41.8 Å². The van der Waals surface area contributed by atoms with Crippen molar-refractivity contribution in [1.82, 2.24) is 0 Å². The molecule has 0 radical (unpaired) electrons. The van der Waals surface area contributed by atoms with E-state index in [4.69, 9.17) is 33.2 Å². The van der Waals surface area contributed by atoms with Gasteiger partial charge in [-0.15, -0.1) is 0 Å². The van der Waals surface area contributed by atoms with Gasteiger partial charge >= 0.3 is 41.8 Å². The summed E-state index contributed by atoms with van der Waals surface area (Å²) < 4.78 is 33.7. The van der Waals surface area contributed by atoms with Gasteiger partial charge in [0.1, 0.15) is 0 Å². The second kappa shape index (κ2) is 59.5. The average Bonchev–Trinajstić information content (AvgIpc) is 3.34. The highest BCUT2D eigenvalue weighted by atomic mass is 16.6. The Morgan fingerprint density at radius 3 is 0.712 bits per heavy atom. The maximum absolute atomic E-state index is 10.7. The molecule has 0 N–H and O–H groups in total. The topological polar surface area (TPSA) is 184 Å². The van der Waals surface area contributed by atoms with Crippen LogP contribution in [-0.4, -0.2) is 88.0 Å². The predicted molar refractivity (Wildman–Crippen MR) is 262 cm³/mol. The summed E-state index contributed by atoms with van der Waals surface area (Å²) >= 11 is 0. The molecule has 0 spiro atoms. The number of unbranched alkanes of at least 4 members (excludes halogenated alkanes) is 14. The Kier molecular flexibility index (Phi) is 62.6. The first kappa shape index (κ1) is 69.5. The molecule has 0 heterocycles. The number of hydrogen-bond donors (Lipinski definition) is 0. The SMILES string of the molecule is C=CC(=O)OCC(C)CC.C=CC(=O)OCCCCC.C=CC(=O)OCCCCCC.C=CC(=O)OCCCCCCCCOC(=O)C=C.C=CC(=O)OCCCCCCCOC(=O)C=C. The molecule has 0 aliphatic rings. The molecule has 0 saturated carbocycles. The van der Waals surface area contributed by atoms with Crippen molar-refractivity contribution in [3.8, 4) is 0 Å². The van der Waals surface area contributed by atoms with Crippen molar-refractivity contribution in [3.05, 3.63) is 88.6 Å². The van der Waals surface area contributed by atoms with E-state index in [0.717, 1.165) is 121 Å². The zero-order valence-electron chi connectivity index (χ0n) is 41.2. The first-order chi connectivity index (χ1) is 31.7. The number of carbonyl (C=O) groups excluding carboxylic acids is 7. The Morgan fingerprint density at radius 2 is 0.500 bits per heavy atom. The first-order valence-electron chi connectivity index (χ1n) is 23.3. The zero-order chi connectivity index (χ0) is 50.9. The molecule has 0 aliphatic carbocycles. The van der Waals surface area contributed by atoms with E-state index in [9.17, 15) is 33.6 Å². The van der Waals surface area contributed by atoms with Gasteiger partial charge in [0.15, 0.2) is 0 Å². The molecular weight excluding hydrogens is 849 g/mol. The summed E-state index contributed by atoms with van der Waals surface area (Å²) in [6.07, 6.45) is 27.8. The predicted octanol–water partition coefficient (Wildman–Crippen LogP) is 11.1. The smallest absolute Gasteiger partial charge is 0.330 e. The molecule has 0 rings (SSSR count). The van der Waals surface area contributed by atoms with Gasteiger partial charge < -0.3 is 33.2 Å². The molecule has 0 aromatic carbocycles. The van der Waals surface area contributed by atoms with Crippen LogP contribution in [0.2, 0.25) is 0 Å². The van der Waals surface area contributed by atoms with Gasteiger partial charge in [0.05, 0.1) is 46.2 Å². The van der Waals surface area contributed by atoms with E-state index in [1.807, 2.05) is 6.92 Å². The number of rotatable bonds is 36. The number of hydrogen-bond acceptors (Lipinski definition) is 14. The first-order valence-corrected chi connectivity index (χ1v) is 23.3. The van der Waals surface area contributed by atoms with Crippen molar-refractivity contribution < 1.29 is 66.7 Å². The highest BCUT2D eigenvalue weighted by Crippen LogP contribution is 2.07. The van der Waals surface area contributed by atoms with Crippen LogP contribution in [0.25, 0.3) is 0 Å². The minimum Gasteiger partial charge on any atom is -0.463 e. The molecule has 0 amide bonds. The van der Waals surface area contributed by atoms with E-state index in [1.165, 1.54) is 43.2 Å². The minimum absolute atomic E-state index is 0.318. The highest BCUT2D eigenvalue weighted by molar-refractivity contribution is 5.83. The molecule has 1 unspecified atom stereocenters. The Hall–Kier alpha value is -5.53. The van der Waals surface area contributed by atoms with Crippen LogP contribution in [0.4, 0.5) is 0 Å². The van der Waals surface area contributed by atoms with Crippen LogP contribution in [0.5, 0.6) is 0 Å². The van der Waals surface area contributed by atoms with E-state index in [0.29, 0.717) is 52.2 Å². The van der Waals surface area contributed by atoms with Crippen LogP contribution in [0, 0.1) is 5.92 Å². The number of ether oxygens (including phenoxy) is 7. The van der Waals surface area contributed by atoms with Gasteiger partial charge in [-0.1, -0.05) is 157 Å². The van der Waals surface area contributed by atoms with Crippen molar-refractivity contribution in [2.24, 2.45) is 5.92 Å². The van der Waals surface area contributed by atoms with Gasteiger partial charge in [-0.05, 0) is 44.4 Å². The molecular formula is C52H86O14. The monoisotopic (exact) mass is 935 g/mol. The summed E-state index contributed by atoms with van der Waals surface area (Å²) in [5.74, 6) is -2.00. The fraction of sp³-hybridized carbons (Fsp3) is 0.596. The van der Waals surface area contributed by atoms with Crippen LogP contribution >= 0.6 is 0 Å². The van der Waals surface area contributed by atoms with Gasteiger partial charge in [-0.3, -0.25) is 0 Å². The standard InChI is InChI=1S/C14H22O4.C13H20O4.C9H16O2.2C8H14O2/c1-3-13(15)17-11-9-7-5-6-8-10-12-18-14(16)4-2;1-3-12(14)16-10-8-6-5-7-9-11-17-13(15)4-2;1-3-5-6-7-8-11-9(10)4-2;1-4-7(3)6-10-8(9)5-2;1-3-5-6-7-10-8(9)4-2/h3-4H,1-2,5-12H2;3-4H,1-2,5-11H2;4H,2-3,5-8H2,1H3;5,7H,2,4,6H2,1,3H3;4H,2-3,5-7H2,1H3. The molecule has 0 aliphatic heterocycles. The van der Waals surface area contributed by atoms with E-state index in [2.05, 4.69) is 66.8 Å². The summed E-state index contributed by atoms with van der Waals surface area (Å²) in [4.78, 5) is 74.2. The maximum atomic E-state index is 10.7. The average molecular weight is 935 g/mol. The van der Waals surface area contributed by atoms with Crippen LogP contribution < -0.4 is 0 Å². The highest BCUT2D eigenvalue weighted by Gasteiger charge is 2.02. The lowest BCUT2D eigenvalue weighted by Gasteiger charge is -2.06.